The molecule has 0 heterocycles. The van der Waals surface area contributed by atoms with Gasteiger partial charge in [-0.3, -0.25) is 9.10 Å². The molecule has 0 unspecified atom stereocenters. The molecule has 0 saturated heterocycles. The maximum atomic E-state index is 13.4. The van der Waals surface area contributed by atoms with Crippen molar-refractivity contribution in [3.8, 4) is 0 Å². The molecule has 1 N–H and O–H groups in total. The number of benzene rings is 3. The van der Waals surface area contributed by atoms with Crippen molar-refractivity contribution in [2.45, 2.75) is 32.1 Å². The Balaban J connectivity index is 1.96. The summed E-state index contributed by atoms with van der Waals surface area (Å²) in [6.45, 7) is 5.52. The molecule has 30 heavy (non-hydrogen) atoms. The molecule has 3 aromatic carbocycles. The zero-order valence-electron chi connectivity index (χ0n) is 17.4. The molecule has 0 spiro atoms. The largest absolute Gasteiger partial charge is 0.324 e. The number of anilines is 2. The van der Waals surface area contributed by atoms with Crippen LogP contribution in [-0.4, -0.2) is 20.9 Å². The van der Waals surface area contributed by atoms with E-state index < -0.39 is 15.9 Å². The molecule has 0 saturated carbocycles. The molecule has 0 radical (unpaired) electrons. The Hall–Kier alpha value is -3.12. The molecule has 0 aliphatic rings. The molecule has 6 heteroatoms. The van der Waals surface area contributed by atoms with Crippen LogP contribution in [0.1, 0.15) is 23.6 Å². The predicted molar refractivity (Wildman–Crippen MR) is 121 cm³/mol. The summed E-state index contributed by atoms with van der Waals surface area (Å²) in [6, 6.07) is 21.1. The van der Waals surface area contributed by atoms with Gasteiger partial charge in [-0.25, -0.2) is 8.42 Å². The molecule has 0 aliphatic heterocycles. The lowest BCUT2D eigenvalue weighted by atomic mass is 10.1. The van der Waals surface area contributed by atoms with Gasteiger partial charge in [-0.2, -0.15) is 0 Å². The maximum absolute atomic E-state index is 13.4. The van der Waals surface area contributed by atoms with E-state index in [-0.39, 0.29) is 11.4 Å². The first kappa shape index (κ1) is 21.6. The smallest absolute Gasteiger partial charge is 0.264 e. The van der Waals surface area contributed by atoms with Gasteiger partial charge in [-0.15, -0.1) is 0 Å². The average molecular weight is 423 g/mol. The second kappa shape index (κ2) is 9.13. The Morgan fingerprint density at radius 2 is 1.47 bits per heavy atom. The number of hydrogen-bond donors (Lipinski definition) is 1. The van der Waals surface area contributed by atoms with E-state index in [4.69, 9.17) is 0 Å². The summed E-state index contributed by atoms with van der Waals surface area (Å²) in [7, 11) is -3.91. The van der Waals surface area contributed by atoms with Gasteiger partial charge in [-0.05, 0) is 61.2 Å². The molecule has 0 aliphatic carbocycles. The van der Waals surface area contributed by atoms with Crippen molar-refractivity contribution in [2.75, 3.05) is 16.2 Å². The van der Waals surface area contributed by atoms with Crippen LogP contribution in [0.15, 0.2) is 77.7 Å². The Morgan fingerprint density at radius 3 is 2.03 bits per heavy atom. The van der Waals surface area contributed by atoms with Crippen LogP contribution in [0.5, 0.6) is 0 Å². The number of nitrogens with zero attached hydrogens (tertiary/aromatic N) is 1. The van der Waals surface area contributed by atoms with Crippen LogP contribution in [0.4, 0.5) is 11.4 Å². The minimum Gasteiger partial charge on any atom is -0.324 e. The van der Waals surface area contributed by atoms with Crippen LogP contribution in [0, 0.1) is 13.8 Å². The van der Waals surface area contributed by atoms with E-state index in [0.29, 0.717) is 11.4 Å². The van der Waals surface area contributed by atoms with Gasteiger partial charge < -0.3 is 5.32 Å². The van der Waals surface area contributed by atoms with Crippen molar-refractivity contribution in [2.24, 2.45) is 0 Å². The van der Waals surface area contributed by atoms with Crippen molar-refractivity contribution in [1.29, 1.82) is 0 Å². The average Bonchev–Trinajstić information content (AvgIpc) is 2.75. The van der Waals surface area contributed by atoms with Crippen molar-refractivity contribution in [3.63, 3.8) is 0 Å². The topological polar surface area (TPSA) is 66.5 Å². The third kappa shape index (κ3) is 4.71. The monoisotopic (exact) mass is 422 g/mol. The quantitative estimate of drug-likeness (QED) is 0.600. The lowest BCUT2D eigenvalue weighted by Crippen LogP contribution is -2.38. The fourth-order valence-corrected chi connectivity index (χ4v) is 4.70. The highest BCUT2D eigenvalue weighted by molar-refractivity contribution is 7.92. The molecule has 5 nitrogen and oxygen atoms in total. The summed E-state index contributed by atoms with van der Waals surface area (Å²) in [5.74, 6) is -0.397. The van der Waals surface area contributed by atoms with Crippen molar-refractivity contribution in [3.05, 3.63) is 89.5 Å². The minimum absolute atomic E-state index is 0.143. The summed E-state index contributed by atoms with van der Waals surface area (Å²) < 4.78 is 27.9. The zero-order valence-corrected chi connectivity index (χ0v) is 18.2. The van der Waals surface area contributed by atoms with Gasteiger partial charge in [0, 0.05) is 5.69 Å². The van der Waals surface area contributed by atoms with Crippen molar-refractivity contribution in [1.82, 2.24) is 0 Å². The van der Waals surface area contributed by atoms with E-state index in [1.165, 1.54) is 12.1 Å². The first-order valence-corrected chi connectivity index (χ1v) is 11.3. The maximum Gasteiger partial charge on any atom is 0.264 e. The molecule has 3 rings (SSSR count). The van der Waals surface area contributed by atoms with Gasteiger partial charge in [-0.1, -0.05) is 55.5 Å². The predicted octanol–water partition coefficient (Wildman–Crippen LogP) is 4.70. The molecule has 0 atom stereocenters. The Kier molecular flexibility index (Phi) is 6.57. The second-order valence-corrected chi connectivity index (χ2v) is 9.02. The number of amides is 1. The van der Waals surface area contributed by atoms with Gasteiger partial charge in [0.15, 0.2) is 0 Å². The third-order valence-electron chi connectivity index (χ3n) is 5.00. The van der Waals surface area contributed by atoms with Crippen LogP contribution >= 0.6 is 0 Å². The molecular formula is C24H26N2O3S. The summed E-state index contributed by atoms with van der Waals surface area (Å²) in [5, 5.41) is 2.88. The molecular weight excluding hydrogens is 396 g/mol. The Labute approximate surface area is 178 Å². The van der Waals surface area contributed by atoms with Crippen LogP contribution in [-0.2, 0) is 21.2 Å². The molecule has 1 amide bonds. The number of rotatable bonds is 7. The third-order valence-corrected chi connectivity index (χ3v) is 6.78. The highest BCUT2D eigenvalue weighted by atomic mass is 32.2. The minimum atomic E-state index is -3.91. The van der Waals surface area contributed by atoms with Crippen molar-refractivity contribution < 1.29 is 13.2 Å². The van der Waals surface area contributed by atoms with E-state index in [1.54, 1.807) is 30.3 Å². The Bertz CT molecular complexity index is 1100. The van der Waals surface area contributed by atoms with E-state index in [0.717, 1.165) is 27.4 Å². The van der Waals surface area contributed by atoms with Crippen molar-refractivity contribution >= 4 is 27.3 Å². The van der Waals surface area contributed by atoms with E-state index in [2.05, 4.69) is 5.32 Å². The van der Waals surface area contributed by atoms with E-state index in [9.17, 15) is 13.2 Å². The van der Waals surface area contributed by atoms with Gasteiger partial charge in [0.05, 0.1) is 10.6 Å². The molecule has 3 aromatic rings. The fourth-order valence-electron chi connectivity index (χ4n) is 3.25. The normalized spacial score (nSPS) is 11.2. The van der Waals surface area contributed by atoms with Gasteiger partial charge in [0.1, 0.15) is 6.54 Å². The first-order valence-electron chi connectivity index (χ1n) is 9.85. The van der Waals surface area contributed by atoms with Crippen LogP contribution in [0.25, 0.3) is 0 Å². The number of hydrogen-bond acceptors (Lipinski definition) is 3. The zero-order chi connectivity index (χ0) is 21.7. The summed E-state index contributed by atoms with van der Waals surface area (Å²) in [6.07, 6.45) is 0.846. The van der Waals surface area contributed by atoms with Gasteiger partial charge >= 0.3 is 0 Å². The summed E-state index contributed by atoms with van der Waals surface area (Å²) >= 11 is 0. The molecule has 0 bridgehead atoms. The number of carbonyl (C=O) groups is 1. The standard InChI is InChI=1S/C24H26N2O3S/c1-4-20-13-15-21(16-14-20)26(30(28,29)22-11-6-5-7-12-22)17-23(27)25-24-18(2)9-8-10-19(24)3/h5-16H,4,17H2,1-3H3,(H,25,27). The number of nitrogens with one attached hydrogen (secondary N) is 1. The molecule has 0 fully saturated rings. The number of sulfonamides is 1. The number of aryl methyl sites for hydroxylation is 3. The lowest BCUT2D eigenvalue weighted by molar-refractivity contribution is -0.114. The second-order valence-electron chi connectivity index (χ2n) is 7.16. The SMILES string of the molecule is CCc1ccc(N(CC(=O)Nc2c(C)cccc2C)S(=O)(=O)c2ccccc2)cc1. The van der Waals surface area contributed by atoms with Gasteiger partial charge in [0.2, 0.25) is 5.91 Å². The fraction of sp³-hybridized carbons (Fsp3) is 0.208. The van der Waals surface area contributed by atoms with Crippen LogP contribution in [0.3, 0.4) is 0 Å². The summed E-state index contributed by atoms with van der Waals surface area (Å²) in [5.41, 5.74) is 4.10. The van der Waals surface area contributed by atoms with Gasteiger partial charge in [0.25, 0.3) is 10.0 Å². The number of para-hydroxylation sites is 1. The lowest BCUT2D eigenvalue weighted by Gasteiger charge is -2.24. The van der Waals surface area contributed by atoms with E-state index >= 15 is 0 Å². The van der Waals surface area contributed by atoms with E-state index in [1.807, 2.05) is 51.1 Å². The van der Waals surface area contributed by atoms with Crippen LogP contribution in [0.2, 0.25) is 0 Å². The highest BCUT2D eigenvalue weighted by Crippen LogP contribution is 2.25. The number of carbonyl (C=O) groups excluding carboxylic acids is 1. The first-order chi connectivity index (χ1) is 14.3. The highest BCUT2D eigenvalue weighted by Gasteiger charge is 2.27. The molecule has 0 aromatic heterocycles. The molecule has 156 valence electrons. The Morgan fingerprint density at radius 1 is 0.867 bits per heavy atom. The van der Waals surface area contributed by atoms with Crippen LogP contribution < -0.4 is 9.62 Å². The summed E-state index contributed by atoms with van der Waals surface area (Å²) in [4.78, 5) is 13.0.